The molecular formula is C23H26N2O6. The number of aliphatic carboxylic acids is 1. The summed E-state index contributed by atoms with van der Waals surface area (Å²) in [7, 11) is 0. The summed E-state index contributed by atoms with van der Waals surface area (Å²) in [5, 5.41) is 22.8. The van der Waals surface area contributed by atoms with Gasteiger partial charge in [-0.25, -0.2) is 9.59 Å². The summed E-state index contributed by atoms with van der Waals surface area (Å²) in [6.45, 7) is 1.19. The van der Waals surface area contributed by atoms with Crippen molar-refractivity contribution < 1.29 is 29.3 Å². The van der Waals surface area contributed by atoms with Crippen molar-refractivity contribution in [2.24, 2.45) is 0 Å². The molecule has 1 aliphatic rings. The summed E-state index contributed by atoms with van der Waals surface area (Å²) >= 11 is 0. The first-order valence-corrected chi connectivity index (χ1v) is 10.2. The van der Waals surface area contributed by atoms with Gasteiger partial charge in [-0.1, -0.05) is 61.9 Å². The summed E-state index contributed by atoms with van der Waals surface area (Å²) in [6, 6.07) is 13.5. The minimum Gasteiger partial charge on any atom is -0.480 e. The van der Waals surface area contributed by atoms with Gasteiger partial charge in [0.1, 0.15) is 18.7 Å². The van der Waals surface area contributed by atoms with Crippen LogP contribution in [-0.2, 0) is 14.3 Å². The molecule has 8 heteroatoms. The van der Waals surface area contributed by atoms with Gasteiger partial charge in [-0.05, 0) is 28.7 Å². The Labute approximate surface area is 180 Å². The second-order valence-electron chi connectivity index (χ2n) is 7.39. The van der Waals surface area contributed by atoms with Crippen LogP contribution in [0.1, 0.15) is 36.8 Å². The zero-order chi connectivity index (χ0) is 22.4. The van der Waals surface area contributed by atoms with Gasteiger partial charge < -0.3 is 25.6 Å². The van der Waals surface area contributed by atoms with Crippen LogP contribution in [0.25, 0.3) is 11.1 Å². The summed E-state index contributed by atoms with van der Waals surface area (Å²) in [5.74, 6) is -2.15. The van der Waals surface area contributed by atoms with Crippen LogP contribution in [0.15, 0.2) is 48.5 Å². The summed E-state index contributed by atoms with van der Waals surface area (Å²) in [5.41, 5.74) is 4.37. The van der Waals surface area contributed by atoms with Gasteiger partial charge in [0.15, 0.2) is 0 Å². The molecule has 2 amide bonds. The molecule has 3 rings (SSSR count). The van der Waals surface area contributed by atoms with E-state index in [-0.39, 0.29) is 12.5 Å². The predicted molar refractivity (Wildman–Crippen MR) is 114 cm³/mol. The van der Waals surface area contributed by atoms with Crippen LogP contribution in [0.2, 0.25) is 0 Å². The molecule has 2 aromatic rings. The van der Waals surface area contributed by atoms with E-state index in [1.807, 2.05) is 55.5 Å². The number of carbonyl (C=O) groups excluding carboxylic acids is 2. The Kier molecular flexibility index (Phi) is 7.25. The van der Waals surface area contributed by atoms with Gasteiger partial charge in [0.2, 0.25) is 5.91 Å². The number of fused-ring (bicyclic) bond motifs is 3. The van der Waals surface area contributed by atoms with Gasteiger partial charge in [0.05, 0.1) is 6.61 Å². The Hall–Kier alpha value is -3.39. The van der Waals surface area contributed by atoms with Crippen molar-refractivity contribution in [2.45, 2.75) is 37.8 Å². The zero-order valence-corrected chi connectivity index (χ0v) is 17.2. The van der Waals surface area contributed by atoms with Crippen LogP contribution >= 0.6 is 0 Å². The number of ether oxygens (including phenoxy) is 1. The molecule has 0 saturated carbocycles. The number of carboxylic acid groups (broad SMARTS) is 1. The van der Waals surface area contributed by atoms with E-state index >= 15 is 0 Å². The minimum absolute atomic E-state index is 0.106. The van der Waals surface area contributed by atoms with E-state index in [0.29, 0.717) is 12.8 Å². The van der Waals surface area contributed by atoms with Crippen LogP contribution in [0.4, 0.5) is 4.79 Å². The van der Waals surface area contributed by atoms with Gasteiger partial charge in [0.25, 0.3) is 0 Å². The fourth-order valence-corrected chi connectivity index (χ4v) is 3.80. The van der Waals surface area contributed by atoms with Crippen molar-refractivity contribution in [3.63, 3.8) is 0 Å². The average molecular weight is 426 g/mol. The third kappa shape index (κ3) is 5.03. The summed E-state index contributed by atoms with van der Waals surface area (Å²) < 4.78 is 5.45. The number of aliphatic hydroxyl groups excluding tert-OH is 1. The Balaban J connectivity index is 1.64. The van der Waals surface area contributed by atoms with Crippen LogP contribution in [0.3, 0.4) is 0 Å². The lowest BCUT2D eigenvalue weighted by molar-refractivity contribution is -0.143. The topological polar surface area (TPSA) is 125 Å². The maximum atomic E-state index is 12.4. The maximum Gasteiger partial charge on any atom is 0.407 e. The molecular weight excluding hydrogens is 400 g/mol. The van der Waals surface area contributed by atoms with Crippen molar-refractivity contribution in [1.82, 2.24) is 10.6 Å². The number of hydrogen-bond donors (Lipinski definition) is 4. The quantitative estimate of drug-likeness (QED) is 0.487. The molecule has 164 valence electrons. The number of amides is 2. The highest BCUT2D eigenvalue weighted by molar-refractivity contribution is 5.89. The monoisotopic (exact) mass is 426 g/mol. The van der Waals surface area contributed by atoms with Crippen LogP contribution in [0.5, 0.6) is 0 Å². The molecule has 0 radical (unpaired) electrons. The third-order valence-electron chi connectivity index (χ3n) is 5.33. The Morgan fingerprint density at radius 3 is 2.06 bits per heavy atom. The van der Waals surface area contributed by atoms with Crippen LogP contribution < -0.4 is 10.6 Å². The predicted octanol–water partition coefficient (Wildman–Crippen LogP) is 2.26. The SMILES string of the molecule is CCCC(NC(=O)OCC1c2ccccc2-c2ccccc21)C(=O)NC(CO)C(=O)O. The lowest BCUT2D eigenvalue weighted by Crippen LogP contribution is -2.52. The Morgan fingerprint density at radius 2 is 1.55 bits per heavy atom. The first-order valence-electron chi connectivity index (χ1n) is 10.2. The van der Waals surface area contributed by atoms with Gasteiger partial charge in [-0.2, -0.15) is 0 Å². The Morgan fingerprint density at radius 1 is 0.968 bits per heavy atom. The van der Waals surface area contributed by atoms with Crippen molar-refractivity contribution in [3.8, 4) is 11.1 Å². The number of nitrogens with one attached hydrogen (secondary N) is 2. The maximum absolute atomic E-state index is 12.4. The molecule has 4 N–H and O–H groups in total. The number of benzene rings is 2. The van der Waals surface area contributed by atoms with Crippen LogP contribution in [-0.4, -0.2) is 53.5 Å². The van der Waals surface area contributed by atoms with Gasteiger partial charge in [-0.15, -0.1) is 0 Å². The van der Waals surface area contributed by atoms with E-state index in [2.05, 4.69) is 10.6 Å². The fraction of sp³-hybridized carbons (Fsp3) is 0.348. The summed E-state index contributed by atoms with van der Waals surface area (Å²) in [6.07, 6.45) is 0.123. The number of aliphatic hydroxyl groups is 1. The molecule has 0 saturated heterocycles. The molecule has 0 bridgehead atoms. The molecule has 8 nitrogen and oxygen atoms in total. The molecule has 0 heterocycles. The van der Waals surface area contributed by atoms with E-state index in [1.54, 1.807) is 0 Å². The second-order valence-corrected chi connectivity index (χ2v) is 7.39. The number of rotatable bonds is 9. The molecule has 0 aromatic heterocycles. The number of carbonyl (C=O) groups is 3. The highest BCUT2D eigenvalue weighted by Gasteiger charge is 2.30. The summed E-state index contributed by atoms with van der Waals surface area (Å²) in [4.78, 5) is 35.8. The van der Waals surface area contributed by atoms with E-state index in [0.717, 1.165) is 22.3 Å². The van der Waals surface area contributed by atoms with Gasteiger partial charge in [0, 0.05) is 5.92 Å². The molecule has 0 fully saturated rings. The normalized spacial score (nSPS) is 14.1. The first-order chi connectivity index (χ1) is 15.0. The Bertz CT molecular complexity index is 915. The van der Waals surface area contributed by atoms with E-state index in [4.69, 9.17) is 14.9 Å². The van der Waals surface area contributed by atoms with E-state index in [9.17, 15) is 14.4 Å². The fourth-order valence-electron chi connectivity index (χ4n) is 3.80. The van der Waals surface area contributed by atoms with Gasteiger partial charge >= 0.3 is 12.1 Å². The molecule has 2 unspecified atom stereocenters. The number of hydrogen-bond acceptors (Lipinski definition) is 5. The van der Waals surface area contributed by atoms with Crippen molar-refractivity contribution in [3.05, 3.63) is 59.7 Å². The molecule has 1 aliphatic carbocycles. The minimum atomic E-state index is -1.43. The van der Waals surface area contributed by atoms with Crippen molar-refractivity contribution >= 4 is 18.0 Å². The zero-order valence-electron chi connectivity index (χ0n) is 17.2. The number of alkyl carbamates (subject to hydrolysis) is 1. The lowest BCUT2D eigenvalue weighted by atomic mass is 9.98. The highest BCUT2D eigenvalue weighted by atomic mass is 16.5. The molecule has 31 heavy (non-hydrogen) atoms. The first kappa shape index (κ1) is 22.3. The molecule has 0 aliphatic heterocycles. The van der Waals surface area contributed by atoms with Crippen molar-refractivity contribution in [2.75, 3.05) is 13.2 Å². The smallest absolute Gasteiger partial charge is 0.407 e. The largest absolute Gasteiger partial charge is 0.480 e. The molecule has 2 aromatic carbocycles. The average Bonchev–Trinajstić information content (AvgIpc) is 3.09. The van der Waals surface area contributed by atoms with Crippen molar-refractivity contribution in [1.29, 1.82) is 0 Å². The molecule has 0 spiro atoms. The lowest BCUT2D eigenvalue weighted by Gasteiger charge is -2.21. The van der Waals surface area contributed by atoms with E-state index < -0.39 is 36.7 Å². The third-order valence-corrected chi connectivity index (χ3v) is 5.33. The highest BCUT2D eigenvalue weighted by Crippen LogP contribution is 2.44. The second kappa shape index (κ2) is 10.1. The standard InChI is InChI=1S/C23H26N2O6/c1-2-7-19(21(27)24-20(12-26)22(28)29)25-23(30)31-13-18-16-10-5-3-8-14(16)15-9-4-6-11-17(15)18/h3-6,8-11,18-20,26H,2,7,12-13H2,1H3,(H,24,27)(H,25,30)(H,28,29). The van der Waals surface area contributed by atoms with Gasteiger partial charge in [-0.3, -0.25) is 4.79 Å². The molecule has 2 atom stereocenters. The van der Waals surface area contributed by atoms with Crippen LogP contribution in [0, 0.1) is 0 Å². The van der Waals surface area contributed by atoms with E-state index in [1.165, 1.54) is 0 Å². The number of carboxylic acids is 1.